The van der Waals surface area contributed by atoms with E-state index in [-0.39, 0.29) is 17.4 Å². The molecule has 0 aromatic heterocycles. The molecule has 1 saturated heterocycles. The first kappa shape index (κ1) is 15.9. The Bertz CT molecular complexity index is 665. The molecule has 0 radical (unpaired) electrons. The third-order valence-corrected chi connectivity index (χ3v) is 6.06. The highest BCUT2D eigenvalue weighted by molar-refractivity contribution is 7.99. The number of sulfone groups is 1. The summed E-state index contributed by atoms with van der Waals surface area (Å²) in [4.78, 5) is 13.0. The van der Waals surface area contributed by atoms with Crippen molar-refractivity contribution in [2.24, 2.45) is 5.92 Å². The Hall–Kier alpha value is -1.52. The van der Waals surface area contributed by atoms with Gasteiger partial charge in [-0.15, -0.1) is 11.8 Å². The van der Waals surface area contributed by atoms with E-state index in [1.165, 1.54) is 11.8 Å². The molecule has 0 bridgehead atoms. The minimum Gasteiger partial charge on any atom is -0.325 e. The molecule has 0 saturated carbocycles. The number of carbonyl (C=O) groups is 1. The fourth-order valence-electron chi connectivity index (χ4n) is 2.14. The Balaban J connectivity index is 2.02. The number of thioether (sulfide) groups is 1. The average Bonchev–Trinajstić information content (AvgIpc) is 2.81. The molecule has 0 spiro atoms. The summed E-state index contributed by atoms with van der Waals surface area (Å²) in [6.45, 7) is 0. The van der Waals surface area contributed by atoms with Gasteiger partial charge in [0.25, 0.3) is 0 Å². The van der Waals surface area contributed by atoms with Crippen LogP contribution < -0.4 is 5.32 Å². The van der Waals surface area contributed by atoms with Crippen LogP contribution in [0.5, 0.6) is 0 Å². The zero-order chi connectivity index (χ0) is 15.3. The highest BCUT2D eigenvalue weighted by atomic mass is 32.2. The van der Waals surface area contributed by atoms with Gasteiger partial charge in [0.15, 0.2) is 9.84 Å². The van der Waals surface area contributed by atoms with Crippen LogP contribution in [0.4, 0.5) is 5.69 Å². The third-order valence-electron chi connectivity index (χ3n) is 3.22. The molecule has 1 aromatic carbocycles. The third kappa shape index (κ3) is 4.48. The lowest BCUT2D eigenvalue weighted by molar-refractivity contribution is -0.119. The number of hydrogen-bond donors (Lipinski definition) is 1. The Morgan fingerprint density at radius 1 is 1.43 bits per heavy atom. The van der Waals surface area contributed by atoms with Crippen molar-refractivity contribution in [3.05, 3.63) is 24.3 Å². The van der Waals surface area contributed by atoms with Crippen LogP contribution in [0.25, 0.3) is 0 Å². The molecule has 1 fully saturated rings. The number of amides is 1. The van der Waals surface area contributed by atoms with E-state index in [2.05, 4.69) is 11.4 Å². The van der Waals surface area contributed by atoms with Gasteiger partial charge in [-0.25, -0.2) is 8.42 Å². The zero-order valence-corrected chi connectivity index (χ0v) is 13.0. The quantitative estimate of drug-likeness (QED) is 0.662. The van der Waals surface area contributed by atoms with E-state index in [9.17, 15) is 13.2 Å². The Kier molecular flexibility index (Phi) is 5.26. The number of nitrogens with zero attached hydrogens (tertiary/aromatic N) is 1. The summed E-state index contributed by atoms with van der Waals surface area (Å²) in [5.41, 5.74) is 0.676. The van der Waals surface area contributed by atoms with Crippen LogP contribution in [0.3, 0.4) is 0 Å². The van der Waals surface area contributed by atoms with Gasteiger partial charge in [-0.3, -0.25) is 4.79 Å². The van der Waals surface area contributed by atoms with Crippen molar-refractivity contribution in [2.45, 2.75) is 17.7 Å². The van der Waals surface area contributed by atoms with Gasteiger partial charge in [0.1, 0.15) is 0 Å². The molecule has 7 heteroatoms. The maximum absolute atomic E-state index is 12.1. The molecule has 112 valence electrons. The van der Waals surface area contributed by atoms with Gasteiger partial charge >= 0.3 is 0 Å². The molecule has 1 aromatic rings. The van der Waals surface area contributed by atoms with Crippen molar-refractivity contribution in [1.29, 1.82) is 5.26 Å². The van der Waals surface area contributed by atoms with E-state index in [1.54, 1.807) is 6.07 Å². The number of benzene rings is 1. The van der Waals surface area contributed by atoms with Gasteiger partial charge in [-0.2, -0.15) is 5.26 Å². The summed E-state index contributed by atoms with van der Waals surface area (Å²) < 4.78 is 22.8. The number of nitrogens with one attached hydrogen (secondary N) is 1. The van der Waals surface area contributed by atoms with Crippen LogP contribution in [0.2, 0.25) is 0 Å². The van der Waals surface area contributed by atoms with Crippen molar-refractivity contribution in [3.63, 3.8) is 0 Å². The Morgan fingerprint density at radius 2 is 2.19 bits per heavy atom. The minimum absolute atomic E-state index is 0.0669. The van der Waals surface area contributed by atoms with Gasteiger partial charge in [-0.1, -0.05) is 12.1 Å². The summed E-state index contributed by atoms with van der Waals surface area (Å²) in [7, 11) is -3.06. The molecular weight excluding hydrogens is 308 g/mol. The van der Waals surface area contributed by atoms with Gasteiger partial charge in [0.2, 0.25) is 5.91 Å². The summed E-state index contributed by atoms with van der Waals surface area (Å²) in [5, 5.41) is 11.4. The normalized spacial score (nSPS) is 19.9. The van der Waals surface area contributed by atoms with Crippen LogP contribution in [0, 0.1) is 17.2 Å². The molecular formula is C14H16N2O3S2. The molecule has 0 aliphatic carbocycles. The first-order valence-corrected chi connectivity index (χ1v) is 9.42. The number of rotatable bonds is 5. The molecule has 1 atom stereocenters. The van der Waals surface area contributed by atoms with Gasteiger partial charge in [0, 0.05) is 17.1 Å². The van der Waals surface area contributed by atoms with Crippen LogP contribution in [0.1, 0.15) is 12.8 Å². The summed E-state index contributed by atoms with van der Waals surface area (Å²) in [5.74, 6) is -0.0375. The standard InChI is InChI=1S/C14H16N2O3S2/c15-7-3-8-20-13-5-2-1-4-12(13)16-14(17)11-6-9-21(18,19)10-11/h1-2,4-5,11H,3,6,8-10H2,(H,16,17)/t11-/m1/s1. The number of anilines is 1. The van der Waals surface area contributed by atoms with Crippen molar-refractivity contribution in [3.8, 4) is 6.07 Å². The largest absolute Gasteiger partial charge is 0.325 e. The SMILES string of the molecule is N#CCCSc1ccccc1NC(=O)[C@@H]1CCS(=O)(=O)C1. The van der Waals surface area contributed by atoms with Crippen molar-refractivity contribution >= 4 is 33.2 Å². The van der Waals surface area contributed by atoms with Gasteiger partial charge < -0.3 is 5.32 Å². The molecule has 1 amide bonds. The van der Waals surface area contributed by atoms with Crippen LogP contribution in [-0.2, 0) is 14.6 Å². The lowest BCUT2D eigenvalue weighted by atomic mass is 10.1. The first-order chi connectivity index (χ1) is 10.0. The summed E-state index contributed by atoms with van der Waals surface area (Å²) >= 11 is 1.50. The Morgan fingerprint density at radius 3 is 2.86 bits per heavy atom. The average molecular weight is 324 g/mol. The first-order valence-electron chi connectivity index (χ1n) is 6.62. The highest BCUT2D eigenvalue weighted by Crippen LogP contribution is 2.28. The van der Waals surface area contributed by atoms with E-state index in [0.717, 1.165) is 4.90 Å². The summed E-state index contributed by atoms with van der Waals surface area (Å²) in [6, 6.07) is 9.42. The smallest absolute Gasteiger partial charge is 0.228 e. The number of hydrogen-bond acceptors (Lipinski definition) is 5. The molecule has 1 aliphatic rings. The lowest BCUT2D eigenvalue weighted by Crippen LogP contribution is -2.24. The molecule has 1 N–H and O–H groups in total. The number of carbonyl (C=O) groups excluding carboxylic acids is 1. The van der Waals surface area contributed by atoms with Crippen LogP contribution in [-0.4, -0.2) is 31.6 Å². The predicted molar refractivity (Wildman–Crippen MR) is 82.8 cm³/mol. The molecule has 21 heavy (non-hydrogen) atoms. The van der Waals surface area contributed by atoms with Gasteiger partial charge in [-0.05, 0) is 18.6 Å². The second kappa shape index (κ2) is 6.96. The van der Waals surface area contributed by atoms with E-state index < -0.39 is 15.8 Å². The van der Waals surface area contributed by atoms with E-state index in [4.69, 9.17) is 5.26 Å². The van der Waals surface area contributed by atoms with Crippen LogP contribution in [0.15, 0.2) is 29.2 Å². The Labute approximate surface area is 128 Å². The van der Waals surface area contributed by atoms with Crippen molar-refractivity contribution in [1.82, 2.24) is 0 Å². The van der Waals surface area contributed by atoms with Crippen molar-refractivity contribution < 1.29 is 13.2 Å². The molecule has 1 aliphatic heterocycles. The van der Waals surface area contributed by atoms with Crippen LogP contribution >= 0.6 is 11.8 Å². The zero-order valence-electron chi connectivity index (χ0n) is 11.4. The summed E-state index contributed by atoms with van der Waals surface area (Å²) in [6.07, 6.45) is 0.825. The van der Waals surface area contributed by atoms with Gasteiger partial charge in [0.05, 0.1) is 29.2 Å². The van der Waals surface area contributed by atoms with E-state index in [1.807, 2.05) is 18.2 Å². The fourth-order valence-corrected chi connectivity index (χ4v) is 4.74. The topological polar surface area (TPSA) is 87.0 Å². The molecule has 2 rings (SSSR count). The fraction of sp³-hybridized carbons (Fsp3) is 0.429. The molecule has 0 unspecified atom stereocenters. The minimum atomic E-state index is -3.06. The maximum Gasteiger partial charge on any atom is 0.228 e. The van der Waals surface area contributed by atoms with Crippen molar-refractivity contribution in [2.75, 3.05) is 22.6 Å². The molecule has 1 heterocycles. The predicted octanol–water partition coefficient (Wildman–Crippen LogP) is 2.07. The monoisotopic (exact) mass is 324 g/mol. The number of para-hydroxylation sites is 1. The highest BCUT2D eigenvalue weighted by Gasteiger charge is 2.33. The number of nitriles is 1. The van der Waals surface area contributed by atoms with E-state index in [0.29, 0.717) is 24.3 Å². The molecule has 5 nitrogen and oxygen atoms in total. The van der Waals surface area contributed by atoms with E-state index >= 15 is 0 Å². The second-order valence-electron chi connectivity index (χ2n) is 4.84. The second-order valence-corrected chi connectivity index (χ2v) is 8.21. The lowest BCUT2D eigenvalue weighted by Gasteiger charge is -2.12. The maximum atomic E-state index is 12.1.